The molecule has 7 heteroatoms. The number of nitrogens with zero attached hydrogens (tertiary/aromatic N) is 1. The van der Waals surface area contributed by atoms with E-state index in [9.17, 15) is 14.5 Å². The zero-order chi connectivity index (χ0) is 15.4. The molecule has 0 bridgehead atoms. The number of halogens is 1. The fourth-order valence-electron chi connectivity index (χ4n) is 2.48. The predicted octanol–water partition coefficient (Wildman–Crippen LogP) is 2.27. The highest BCUT2D eigenvalue weighted by Crippen LogP contribution is 2.35. The monoisotopic (exact) mass is 298 g/mol. The van der Waals surface area contributed by atoms with Crippen LogP contribution in [-0.4, -0.2) is 36.3 Å². The van der Waals surface area contributed by atoms with E-state index >= 15 is 0 Å². The fraction of sp³-hybridized carbons (Fsp3) is 0.571. The second-order valence-electron chi connectivity index (χ2n) is 4.82. The molecule has 0 aliphatic heterocycles. The summed E-state index contributed by atoms with van der Waals surface area (Å²) < 4.78 is 24.9. The third kappa shape index (κ3) is 3.30. The first kappa shape index (κ1) is 15.7. The number of likely N-dealkylation sites (N-methyl/N-ethyl adjacent to an activating group) is 1. The highest BCUT2D eigenvalue weighted by molar-refractivity contribution is 5.47. The third-order valence-corrected chi connectivity index (χ3v) is 3.49. The molecule has 1 aliphatic carbocycles. The van der Waals surface area contributed by atoms with Crippen molar-refractivity contribution < 1.29 is 18.8 Å². The second kappa shape index (κ2) is 6.82. The Balaban J connectivity index is 2.13. The number of nitro groups is 1. The molecule has 0 spiro atoms. The van der Waals surface area contributed by atoms with Gasteiger partial charge in [-0.1, -0.05) is 13.0 Å². The van der Waals surface area contributed by atoms with Gasteiger partial charge < -0.3 is 14.8 Å². The fourth-order valence-corrected chi connectivity index (χ4v) is 2.48. The number of para-hydroxylation sites is 1. The summed E-state index contributed by atoms with van der Waals surface area (Å²) in [6.45, 7) is 5.15. The second-order valence-corrected chi connectivity index (χ2v) is 4.82. The molecule has 116 valence electrons. The quantitative estimate of drug-likeness (QED) is 0.617. The Kier molecular flexibility index (Phi) is 5.08. The lowest BCUT2D eigenvalue weighted by Crippen LogP contribution is -2.61. The molecule has 1 N–H and O–H groups in total. The van der Waals surface area contributed by atoms with Crippen molar-refractivity contribution in [2.45, 2.75) is 38.5 Å². The van der Waals surface area contributed by atoms with E-state index in [1.807, 2.05) is 13.8 Å². The Morgan fingerprint density at radius 1 is 1.48 bits per heavy atom. The summed E-state index contributed by atoms with van der Waals surface area (Å²) in [7, 11) is 0. The van der Waals surface area contributed by atoms with E-state index in [1.165, 1.54) is 12.1 Å². The highest BCUT2D eigenvalue weighted by Gasteiger charge is 2.44. The summed E-state index contributed by atoms with van der Waals surface area (Å²) in [6.07, 6.45) is 0.0167. The van der Waals surface area contributed by atoms with Crippen molar-refractivity contribution in [1.29, 1.82) is 0 Å². The number of rotatable bonds is 7. The molecule has 1 saturated carbocycles. The number of nitrogens with one attached hydrogen (secondary N) is 1. The van der Waals surface area contributed by atoms with Crippen molar-refractivity contribution >= 4 is 5.69 Å². The lowest BCUT2D eigenvalue weighted by molar-refractivity contribution is -0.386. The van der Waals surface area contributed by atoms with Gasteiger partial charge in [0.25, 0.3) is 0 Å². The van der Waals surface area contributed by atoms with Gasteiger partial charge in [-0.2, -0.15) is 0 Å². The van der Waals surface area contributed by atoms with Gasteiger partial charge in [0.05, 0.1) is 4.92 Å². The van der Waals surface area contributed by atoms with Gasteiger partial charge >= 0.3 is 5.69 Å². The maximum Gasteiger partial charge on any atom is 0.314 e. The lowest BCUT2D eigenvalue weighted by atomic mass is 9.85. The predicted molar refractivity (Wildman–Crippen MR) is 75.0 cm³/mol. The number of ether oxygens (including phenoxy) is 2. The molecule has 0 heterocycles. The van der Waals surface area contributed by atoms with Gasteiger partial charge in [-0.25, -0.2) is 4.39 Å². The molecule has 1 aromatic rings. The van der Waals surface area contributed by atoms with Crippen LogP contribution in [-0.2, 0) is 4.74 Å². The number of hydrogen-bond donors (Lipinski definition) is 1. The number of benzene rings is 1. The van der Waals surface area contributed by atoms with E-state index in [1.54, 1.807) is 0 Å². The van der Waals surface area contributed by atoms with Crippen molar-refractivity contribution in [3.8, 4) is 5.75 Å². The average Bonchev–Trinajstić information content (AvgIpc) is 2.44. The summed E-state index contributed by atoms with van der Waals surface area (Å²) in [6, 6.07) is 3.81. The molecule has 21 heavy (non-hydrogen) atoms. The van der Waals surface area contributed by atoms with Crippen molar-refractivity contribution in [1.82, 2.24) is 5.32 Å². The van der Waals surface area contributed by atoms with Crippen molar-refractivity contribution in [2.24, 2.45) is 0 Å². The van der Waals surface area contributed by atoms with E-state index in [4.69, 9.17) is 9.47 Å². The molecular formula is C14H19FN2O4. The normalized spacial score (nSPS) is 24.4. The van der Waals surface area contributed by atoms with Gasteiger partial charge in [-0.05, 0) is 19.5 Å². The smallest absolute Gasteiger partial charge is 0.314 e. The Bertz CT molecular complexity index is 512. The van der Waals surface area contributed by atoms with Crippen LogP contribution in [0.25, 0.3) is 0 Å². The molecule has 6 nitrogen and oxygen atoms in total. The van der Waals surface area contributed by atoms with E-state index in [0.29, 0.717) is 13.0 Å². The van der Waals surface area contributed by atoms with Crippen LogP contribution in [0.15, 0.2) is 18.2 Å². The number of hydrogen-bond acceptors (Lipinski definition) is 5. The molecule has 0 saturated heterocycles. The van der Waals surface area contributed by atoms with Crippen molar-refractivity contribution in [3.63, 3.8) is 0 Å². The summed E-state index contributed by atoms with van der Waals surface area (Å²) in [5.41, 5.74) is -0.364. The van der Waals surface area contributed by atoms with E-state index in [2.05, 4.69) is 5.32 Å². The van der Waals surface area contributed by atoms with Gasteiger partial charge in [0, 0.05) is 25.1 Å². The van der Waals surface area contributed by atoms with Gasteiger partial charge in [-0.3, -0.25) is 10.1 Å². The molecule has 1 fully saturated rings. The Labute approximate surface area is 122 Å². The summed E-state index contributed by atoms with van der Waals surface area (Å²) >= 11 is 0. The maximum atomic E-state index is 13.8. The molecule has 3 unspecified atom stereocenters. The number of nitro benzene ring substituents is 1. The van der Waals surface area contributed by atoms with E-state index < -0.39 is 10.7 Å². The average molecular weight is 298 g/mol. The third-order valence-electron chi connectivity index (χ3n) is 3.49. The van der Waals surface area contributed by atoms with Crippen molar-refractivity contribution in [3.05, 3.63) is 34.1 Å². The van der Waals surface area contributed by atoms with Crippen molar-refractivity contribution in [2.75, 3.05) is 13.2 Å². The Morgan fingerprint density at radius 2 is 2.24 bits per heavy atom. The van der Waals surface area contributed by atoms with E-state index in [0.717, 1.165) is 12.6 Å². The summed E-state index contributed by atoms with van der Waals surface area (Å²) in [5.74, 6) is -1.04. The minimum atomic E-state index is -0.730. The molecule has 1 aromatic carbocycles. The highest BCUT2D eigenvalue weighted by atomic mass is 19.1. The molecule has 0 radical (unpaired) electrons. The van der Waals surface area contributed by atoms with Crippen LogP contribution < -0.4 is 10.1 Å². The SMILES string of the molecule is CCNC1CC(Oc2c(F)cccc2[N+](=O)[O-])C1OCC. The molecule has 1 aliphatic rings. The minimum Gasteiger partial charge on any atom is -0.479 e. The molecule has 0 aromatic heterocycles. The van der Waals surface area contributed by atoms with Crippen LogP contribution >= 0.6 is 0 Å². The summed E-state index contributed by atoms with van der Waals surface area (Å²) in [4.78, 5) is 10.3. The van der Waals surface area contributed by atoms with Gasteiger partial charge in [-0.15, -0.1) is 0 Å². The zero-order valence-corrected chi connectivity index (χ0v) is 12.0. The van der Waals surface area contributed by atoms with Crippen LogP contribution in [0, 0.1) is 15.9 Å². The van der Waals surface area contributed by atoms with Gasteiger partial charge in [0.2, 0.25) is 5.75 Å². The first-order valence-electron chi connectivity index (χ1n) is 7.03. The maximum absolute atomic E-state index is 13.8. The largest absolute Gasteiger partial charge is 0.479 e. The van der Waals surface area contributed by atoms with Gasteiger partial charge in [0.15, 0.2) is 5.82 Å². The minimum absolute atomic E-state index is 0.130. The van der Waals surface area contributed by atoms with Crippen LogP contribution in [0.4, 0.5) is 10.1 Å². The first-order valence-corrected chi connectivity index (χ1v) is 7.03. The molecule has 2 rings (SSSR count). The van der Waals surface area contributed by atoms with Crippen LogP contribution in [0.2, 0.25) is 0 Å². The van der Waals surface area contributed by atoms with Gasteiger partial charge in [0.1, 0.15) is 12.2 Å². The van der Waals surface area contributed by atoms with E-state index in [-0.39, 0.29) is 29.7 Å². The molecule has 3 atom stereocenters. The van der Waals surface area contributed by atoms with Crippen LogP contribution in [0.5, 0.6) is 5.75 Å². The van der Waals surface area contributed by atoms with Crippen LogP contribution in [0.3, 0.4) is 0 Å². The Hall–Kier alpha value is -1.73. The first-order chi connectivity index (χ1) is 10.1. The molecular weight excluding hydrogens is 279 g/mol. The summed E-state index contributed by atoms with van der Waals surface area (Å²) in [5, 5.41) is 14.2. The molecule has 0 amide bonds. The topological polar surface area (TPSA) is 73.6 Å². The zero-order valence-electron chi connectivity index (χ0n) is 12.0. The standard InChI is InChI=1S/C14H19FN2O4/c1-3-16-10-8-12(14(10)20-4-2)21-13-9(15)6-5-7-11(13)17(18)19/h5-7,10,12,14,16H,3-4,8H2,1-2H3. The van der Waals surface area contributed by atoms with Crippen LogP contribution in [0.1, 0.15) is 20.3 Å². The Morgan fingerprint density at radius 3 is 2.86 bits per heavy atom. The lowest BCUT2D eigenvalue weighted by Gasteiger charge is -2.43.